The van der Waals surface area contributed by atoms with Crippen molar-refractivity contribution in [2.24, 2.45) is 0 Å². The second-order valence-electron chi connectivity index (χ2n) is 6.29. The van der Waals surface area contributed by atoms with Crippen molar-refractivity contribution in [3.05, 3.63) is 71.9 Å². The summed E-state index contributed by atoms with van der Waals surface area (Å²) in [4.78, 5) is 16.1. The Balaban J connectivity index is 1.75. The van der Waals surface area contributed by atoms with Gasteiger partial charge in [-0.05, 0) is 48.5 Å². The van der Waals surface area contributed by atoms with Crippen molar-refractivity contribution in [3.63, 3.8) is 0 Å². The second kappa shape index (κ2) is 9.59. The standard InChI is InChI=1S/C19H15ClF3N3O5S/c20-17-8-7-16(10-24-17)32(28,29)26(11-15-2-1-9-30-15)12-18(27)25-13-3-5-14(6-4-13)31-19(21,22)23/h1-10H,11-12H2,(H,25,27). The number of carbonyl (C=O) groups is 1. The van der Waals surface area contributed by atoms with Crippen LogP contribution in [0.25, 0.3) is 0 Å². The molecule has 0 saturated carbocycles. The third-order valence-electron chi connectivity index (χ3n) is 3.94. The van der Waals surface area contributed by atoms with Crippen molar-refractivity contribution in [2.45, 2.75) is 17.8 Å². The van der Waals surface area contributed by atoms with Gasteiger partial charge in [0.2, 0.25) is 15.9 Å². The highest BCUT2D eigenvalue weighted by molar-refractivity contribution is 7.89. The van der Waals surface area contributed by atoms with Gasteiger partial charge < -0.3 is 14.5 Å². The van der Waals surface area contributed by atoms with Gasteiger partial charge >= 0.3 is 6.36 Å². The summed E-state index contributed by atoms with van der Waals surface area (Å²) in [5.41, 5.74) is 0.146. The average Bonchev–Trinajstić information content (AvgIpc) is 3.21. The highest BCUT2D eigenvalue weighted by Crippen LogP contribution is 2.24. The molecule has 2 aromatic heterocycles. The summed E-state index contributed by atoms with van der Waals surface area (Å²) < 4.78 is 72.6. The van der Waals surface area contributed by atoms with Crippen LogP contribution in [-0.4, -0.2) is 36.5 Å². The molecular weight excluding hydrogens is 475 g/mol. The van der Waals surface area contributed by atoms with Gasteiger partial charge in [0, 0.05) is 11.9 Å². The zero-order valence-electron chi connectivity index (χ0n) is 16.0. The summed E-state index contributed by atoms with van der Waals surface area (Å²) >= 11 is 5.71. The van der Waals surface area contributed by atoms with Gasteiger partial charge in [-0.1, -0.05) is 11.6 Å². The molecule has 1 aromatic carbocycles. The first-order valence-electron chi connectivity index (χ1n) is 8.83. The van der Waals surface area contributed by atoms with Crippen molar-refractivity contribution < 1.29 is 35.5 Å². The molecule has 170 valence electrons. The molecule has 32 heavy (non-hydrogen) atoms. The number of hydrogen-bond donors (Lipinski definition) is 1. The molecule has 13 heteroatoms. The molecule has 0 atom stereocenters. The van der Waals surface area contributed by atoms with Crippen LogP contribution in [0.15, 0.2) is 70.3 Å². The molecule has 3 rings (SSSR count). The van der Waals surface area contributed by atoms with Crippen molar-refractivity contribution >= 4 is 33.2 Å². The normalized spacial score (nSPS) is 12.0. The third-order valence-corrected chi connectivity index (χ3v) is 5.94. The number of carbonyl (C=O) groups excluding carboxylic acids is 1. The lowest BCUT2D eigenvalue weighted by Gasteiger charge is -2.21. The van der Waals surface area contributed by atoms with Crippen LogP contribution in [0.5, 0.6) is 5.75 Å². The summed E-state index contributed by atoms with van der Waals surface area (Å²) in [7, 11) is -4.16. The number of nitrogens with one attached hydrogen (secondary N) is 1. The fourth-order valence-electron chi connectivity index (χ4n) is 2.57. The lowest BCUT2D eigenvalue weighted by atomic mass is 10.3. The van der Waals surface area contributed by atoms with Crippen molar-refractivity contribution in [2.75, 3.05) is 11.9 Å². The lowest BCUT2D eigenvalue weighted by Crippen LogP contribution is -2.37. The molecule has 1 N–H and O–H groups in total. The van der Waals surface area contributed by atoms with E-state index in [9.17, 15) is 26.4 Å². The highest BCUT2D eigenvalue weighted by Gasteiger charge is 2.31. The first kappa shape index (κ1) is 23.6. The molecule has 3 aromatic rings. The Morgan fingerprint density at radius 3 is 2.44 bits per heavy atom. The Morgan fingerprint density at radius 2 is 1.88 bits per heavy atom. The molecule has 0 fully saturated rings. The molecule has 0 aliphatic rings. The third kappa shape index (κ3) is 6.45. The van der Waals surface area contributed by atoms with E-state index in [1.54, 1.807) is 12.1 Å². The number of amides is 1. The maximum absolute atomic E-state index is 13.0. The lowest BCUT2D eigenvalue weighted by molar-refractivity contribution is -0.274. The van der Waals surface area contributed by atoms with Gasteiger partial charge in [-0.3, -0.25) is 4.79 Å². The molecule has 0 unspecified atom stereocenters. The summed E-state index contributed by atoms with van der Waals surface area (Å²) in [5, 5.41) is 2.52. The Bertz CT molecular complexity index is 1150. The molecule has 0 aliphatic carbocycles. The van der Waals surface area contributed by atoms with Gasteiger partial charge in [0.1, 0.15) is 21.6 Å². The molecule has 0 aliphatic heterocycles. The van der Waals surface area contributed by atoms with E-state index < -0.39 is 34.6 Å². The number of sulfonamides is 1. The number of ether oxygens (including phenoxy) is 1. The number of hydrogen-bond acceptors (Lipinski definition) is 6. The van der Waals surface area contributed by atoms with Crippen molar-refractivity contribution in [1.82, 2.24) is 9.29 Å². The number of furan rings is 1. The fraction of sp³-hybridized carbons (Fsp3) is 0.158. The van der Waals surface area contributed by atoms with E-state index in [1.165, 1.54) is 30.5 Å². The summed E-state index contributed by atoms with van der Waals surface area (Å²) in [6.07, 6.45) is -2.43. The monoisotopic (exact) mass is 489 g/mol. The van der Waals surface area contributed by atoms with E-state index in [0.717, 1.165) is 22.6 Å². The number of nitrogens with zero attached hydrogens (tertiary/aromatic N) is 2. The summed E-state index contributed by atoms with van der Waals surface area (Å²) in [6.45, 7) is -0.851. The van der Waals surface area contributed by atoms with E-state index in [4.69, 9.17) is 16.0 Å². The minimum absolute atomic E-state index is 0.0947. The van der Waals surface area contributed by atoms with Crippen molar-refractivity contribution in [3.8, 4) is 5.75 Å². The van der Waals surface area contributed by atoms with Gasteiger partial charge in [0.05, 0.1) is 19.4 Å². The molecular formula is C19H15ClF3N3O5S. The number of pyridine rings is 1. The van der Waals surface area contributed by atoms with Crippen molar-refractivity contribution in [1.29, 1.82) is 0 Å². The minimum atomic E-state index is -4.85. The van der Waals surface area contributed by atoms with Crippen LogP contribution in [0.2, 0.25) is 5.15 Å². The summed E-state index contributed by atoms with van der Waals surface area (Å²) in [6, 6.07) is 10.1. The van der Waals surface area contributed by atoms with E-state index in [-0.39, 0.29) is 28.0 Å². The number of alkyl halides is 3. The smallest absolute Gasteiger partial charge is 0.468 e. The van der Waals surface area contributed by atoms with Crippen LogP contribution in [0.3, 0.4) is 0 Å². The predicted octanol–water partition coefficient (Wildman–Crippen LogP) is 4.06. The number of rotatable bonds is 8. The SMILES string of the molecule is O=C(CN(Cc1ccco1)S(=O)(=O)c1ccc(Cl)nc1)Nc1ccc(OC(F)(F)F)cc1. The van der Waals surface area contributed by atoms with E-state index in [0.29, 0.717) is 0 Å². The van der Waals surface area contributed by atoms with Crippen LogP contribution in [0, 0.1) is 0 Å². The second-order valence-corrected chi connectivity index (χ2v) is 8.61. The Labute approximate surface area is 185 Å². The van der Waals surface area contributed by atoms with Gasteiger partial charge in [-0.2, -0.15) is 4.31 Å². The molecule has 8 nitrogen and oxygen atoms in total. The zero-order chi connectivity index (χ0) is 23.4. The average molecular weight is 490 g/mol. The Morgan fingerprint density at radius 1 is 1.16 bits per heavy atom. The van der Waals surface area contributed by atoms with Gasteiger partial charge in [0.15, 0.2) is 0 Å². The molecule has 0 saturated heterocycles. The Kier molecular flexibility index (Phi) is 7.06. The Hall–Kier alpha value is -3.09. The quantitative estimate of drug-likeness (QED) is 0.479. The van der Waals surface area contributed by atoms with E-state index in [2.05, 4.69) is 15.0 Å². The molecule has 0 spiro atoms. The topological polar surface area (TPSA) is 102 Å². The largest absolute Gasteiger partial charge is 0.573 e. The van der Waals surface area contributed by atoms with Gasteiger partial charge in [-0.15, -0.1) is 13.2 Å². The van der Waals surface area contributed by atoms with Gasteiger partial charge in [0.25, 0.3) is 0 Å². The fourth-order valence-corrected chi connectivity index (χ4v) is 3.99. The first-order chi connectivity index (χ1) is 15.0. The maximum atomic E-state index is 13.0. The molecule has 1 amide bonds. The van der Waals surface area contributed by atoms with Crippen LogP contribution in [0.1, 0.15) is 5.76 Å². The number of anilines is 1. The number of aromatic nitrogens is 1. The molecule has 0 radical (unpaired) electrons. The molecule has 0 bridgehead atoms. The first-order valence-corrected chi connectivity index (χ1v) is 10.6. The van der Waals surface area contributed by atoms with Crippen LogP contribution >= 0.6 is 11.6 Å². The minimum Gasteiger partial charge on any atom is -0.468 e. The maximum Gasteiger partial charge on any atom is 0.573 e. The van der Waals surface area contributed by atoms with Crippen LogP contribution in [-0.2, 0) is 21.4 Å². The van der Waals surface area contributed by atoms with Crippen LogP contribution in [0.4, 0.5) is 18.9 Å². The van der Waals surface area contributed by atoms with E-state index in [1.807, 2.05) is 0 Å². The number of halogens is 4. The predicted molar refractivity (Wildman–Crippen MR) is 107 cm³/mol. The van der Waals surface area contributed by atoms with Gasteiger partial charge in [-0.25, -0.2) is 13.4 Å². The molecule has 2 heterocycles. The number of benzene rings is 1. The van der Waals surface area contributed by atoms with Crippen LogP contribution < -0.4 is 10.1 Å². The zero-order valence-corrected chi connectivity index (χ0v) is 17.6. The van der Waals surface area contributed by atoms with E-state index >= 15 is 0 Å². The highest BCUT2D eigenvalue weighted by atomic mass is 35.5. The summed E-state index contributed by atoms with van der Waals surface area (Å²) in [5.74, 6) is -0.906.